The van der Waals surface area contributed by atoms with Crippen LogP contribution in [-0.2, 0) is 38.8 Å². The number of benzene rings is 3. The van der Waals surface area contributed by atoms with E-state index < -0.39 is 34.9 Å². The molecule has 2 heterocycles. The number of rotatable bonds is 9. The van der Waals surface area contributed by atoms with Crippen molar-refractivity contribution in [2.45, 2.75) is 88.3 Å². The summed E-state index contributed by atoms with van der Waals surface area (Å²) in [6, 6.07) is 18.1. The van der Waals surface area contributed by atoms with Crippen molar-refractivity contribution in [1.29, 1.82) is 0 Å². The minimum absolute atomic E-state index is 0.0249. The van der Waals surface area contributed by atoms with E-state index in [9.17, 15) is 27.9 Å². The van der Waals surface area contributed by atoms with Gasteiger partial charge in [-0.15, -0.1) is 0 Å². The molecule has 0 radical (unpaired) electrons. The van der Waals surface area contributed by atoms with Crippen molar-refractivity contribution in [3.63, 3.8) is 0 Å². The van der Waals surface area contributed by atoms with Gasteiger partial charge in [-0.3, -0.25) is 14.5 Å². The topological polar surface area (TPSA) is 79.3 Å². The van der Waals surface area contributed by atoms with Crippen molar-refractivity contribution in [1.82, 2.24) is 9.80 Å². The molecule has 1 spiro atoms. The van der Waals surface area contributed by atoms with E-state index in [1.165, 1.54) is 36.8 Å². The molecule has 264 valence electrons. The van der Waals surface area contributed by atoms with Crippen LogP contribution in [0.2, 0.25) is 0 Å². The quantitative estimate of drug-likeness (QED) is 0.194. The lowest BCUT2D eigenvalue weighted by Crippen LogP contribution is -2.79. The molecular formula is C40H43F3N2O5. The summed E-state index contributed by atoms with van der Waals surface area (Å²) >= 11 is 0. The number of aromatic hydroxyl groups is 1. The highest BCUT2D eigenvalue weighted by molar-refractivity contribution is 5.92. The number of alkyl halides is 3. The van der Waals surface area contributed by atoms with Crippen LogP contribution in [0, 0.1) is 5.92 Å². The van der Waals surface area contributed by atoms with Gasteiger partial charge < -0.3 is 19.5 Å². The lowest BCUT2D eigenvalue weighted by atomic mass is 9.48. The van der Waals surface area contributed by atoms with Crippen LogP contribution < -0.4 is 4.74 Å². The molecule has 2 aliphatic carbocycles. The van der Waals surface area contributed by atoms with E-state index in [0.717, 1.165) is 42.8 Å². The molecule has 7 nitrogen and oxygen atoms in total. The number of carbonyl (C=O) groups excluding carboxylic acids is 2. The smallest absolute Gasteiger partial charge is 0.416 e. The maximum Gasteiger partial charge on any atom is 0.416 e. The number of halogens is 3. The Morgan fingerprint density at radius 1 is 1.08 bits per heavy atom. The summed E-state index contributed by atoms with van der Waals surface area (Å²) in [4.78, 5) is 31.5. The van der Waals surface area contributed by atoms with E-state index in [-0.39, 0.29) is 29.6 Å². The van der Waals surface area contributed by atoms with Crippen LogP contribution in [0.3, 0.4) is 0 Å². The van der Waals surface area contributed by atoms with Crippen LogP contribution in [-0.4, -0.2) is 70.2 Å². The maximum absolute atomic E-state index is 14.1. The minimum atomic E-state index is -4.45. The average molecular weight is 689 g/mol. The van der Waals surface area contributed by atoms with Gasteiger partial charge >= 0.3 is 12.1 Å². The summed E-state index contributed by atoms with van der Waals surface area (Å²) in [6.07, 6.45) is 1.00. The predicted octanol–water partition coefficient (Wildman–Crippen LogP) is 6.95. The number of phenols is 1. The van der Waals surface area contributed by atoms with Gasteiger partial charge in [0.05, 0.1) is 23.1 Å². The second-order valence-electron chi connectivity index (χ2n) is 14.6. The van der Waals surface area contributed by atoms with Gasteiger partial charge in [-0.05, 0) is 85.5 Å². The van der Waals surface area contributed by atoms with Crippen molar-refractivity contribution >= 4 is 18.0 Å². The largest absolute Gasteiger partial charge is 0.504 e. The van der Waals surface area contributed by atoms with Crippen LogP contribution in [0.15, 0.2) is 72.8 Å². The maximum atomic E-state index is 14.1. The molecule has 7 rings (SSSR count). The summed E-state index contributed by atoms with van der Waals surface area (Å²) in [7, 11) is 0. The monoisotopic (exact) mass is 688 g/mol. The van der Waals surface area contributed by atoms with E-state index >= 15 is 0 Å². The molecule has 1 N–H and O–H groups in total. The van der Waals surface area contributed by atoms with Crippen LogP contribution in [0.4, 0.5) is 13.2 Å². The fourth-order valence-corrected chi connectivity index (χ4v) is 9.37. The van der Waals surface area contributed by atoms with Gasteiger partial charge in [0.2, 0.25) is 5.91 Å². The lowest BCUT2D eigenvalue weighted by molar-refractivity contribution is -0.224. The number of piperidine rings is 1. The number of ether oxygens (including phenoxy) is 2. The molecule has 1 amide bonds. The molecule has 50 heavy (non-hydrogen) atoms. The van der Waals surface area contributed by atoms with Gasteiger partial charge in [0.15, 0.2) is 11.5 Å². The zero-order chi connectivity index (χ0) is 35.4. The third-order valence-corrected chi connectivity index (χ3v) is 11.3. The summed E-state index contributed by atoms with van der Waals surface area (Å²) in [6.45, 7) is 7.44. The van der Waals surface area contributed by atoms with Gasteiger partial charge in [0.25, 0.3) is 0 Å². The molecule has 1 saturated carbocycles. The van der Waals surface area contributed by atoms with E-state index in [0.29, 0.717) is 43.5 Å². The zero-order valence-corrected chi connectivity index (χ0v) is 28.6. The molecule has 4 aliphatic rings. The third-order valence-electron chi connectivity index (χ3n) is 11.3. The number of esters is 1. The highest BCUT2D eigenvalue weighted by Gasteiger charge is 2.75. The summed E-state index contributed by atoms with van der Waals surface area (Å²) in [5.41, 5.74) is 1.16. The first-order valence-electron chi connectivity index (χ1n) is 17.5. The summed E-state index contributed by atoms with van der Waals surface area (Å²) < 4.78 is 52.8. The molecule has 0 unspecified atom stereocenters. The van der Waals surface area contributed by atoms with E-state index in [1.807, 2.05) is 43.0 Å². The number of likely N-dealkylation sites (tertiary alicyclic amines) is 1. The zero-order valence-electron chi connectivity index (χ0n) is 28.6. The average Bonchev–Trinajstić information content (AvgIpc) is 3.43. The van der Waals surface area contributed by atoms with Crippen LogP contribution in [0.1, 0.15) is 67.9 Å². The molecule has 1 saturated heterocycles. The fourth-order valence-electron chi connectivity index (χ4n) is 9.37. The Balaban J connectivity index is 1.26. The van der Waals surface area contributed by atoms with Gasteiger partial charge in [0.1, 0.15) is 11.7 Å². The number of nitrogens with zero attached hydrogens (tertiary/aromatic N) is 2. The number of carbonyl (C=O) groups is 2. The standard InChI is InChI=1S/C40H43F3N2O5/c1-25(2)24-45(34(48)16-11-28-9-13-30(14-10-28)40(41,42)43)31-17-19-39(50-26(3)46)33-23-29-12-15-32(47)36-35(29)38(39,37(31)49-36)20-22-44(33)21-18-27-7-5-4-6-8-27/h4-16,25,31,33,37,47H,17-24H2,1-3H3/t31-,33-,37+,38+,39-/m1/s1. The highest BCUT2D eigenvalue weighted by atomic mass is 19.4. The van der Waals surface area contributed by atoms with Crippen molar-refractivity contribution in [3.8, 4) is 11.5 Å². The van der Waals surface area contributed by atoms with Gasteiger partial charge in [-0.2, -0.15) is 13.2 Å². The second-order valence-corrected chi connectivity index (χ2v) is 14.6. The Labute approximate surface area is 290 Å². The molecule has 10 heteroatoms. The molecule has 2 fully saturated rings. The Hall–Kier alpha value is -4.31. The molecule has 2 aliphatic heterocycles. The minimum Gasteiger partial charge on any atom is -0.504 e. The van der Waals surface area contributed by atoms with Gasteiger partial charge in [-0.1, -0.05) is 62.4 Å². The van der Waals surface area contributed by atoms with Gasteiger partial charge in [-0.25, -0.2) is 0 Å². The first-order chi connectivity index (χ1) is 23.8. The Kier molecular flexibility index (Phi) is 8.73. The highest BCUT2D eigenvalue weighted by Crippen LogP contribution is 2.67. The molecule has 0 aromatic heterocycles. The molecule has 2 bridgehead atoms. The molecular weight excluding hydrogens is 645 g/mol. The van der Waals surface area contributed by atoms with Crippen LogP contribution in [0.5, 0.6) is 11.5 Å². The predicted molar refractivity (Wildman–Crippen MR) is 183 cm³/mol. The van der Waals surface area contributed by atoms with Crippen molar-refractivity contribution in [2.24, 2.45) is 5.92 Å². The van der Waals surface area contributed by atoms with Gasteiger partial charge in [0, 0.05) is 31.7 Å². The summed E-state index contributed by atoms with van der Waals surface area (Å²) in [5.74, 6) is -0.122. The molecule has 3 aromatic rings. The number of amides is 1. The summed E-state index contributed by atoms with van der Waals surface area (Å²) in [5, 5.41) is 11.2. The fraction of sp³-hybridized carbons (Fsp3) is 0.450. The first-order valence-corrected chi connectivity index (χ1v) is 17.5. The Bertz CT molecular complexity index is 1790. The number of hydrogen-bond donors (Lipinski definition) is 1. The SMILES string of the molecule is CC(=O)O[C@@]12CC[C@@H](N(CC(C)C)C(=O)C=Cc3ccc(C(F)(F)F)cc3)[C@@H]3Oc4c(O)ccc5c4[C@@]31CCN(CCc1ccccc1)[C@@H]2C5. The van der Waals surface area contributed by atoms with Crippen LogP contribution >= 0.6 is 0 Å². The van der Waals surface area contributed by atoms with Crippen molar-refractivity contribution in [2.75, 3.05) is 19.6 Å². The normalized spacial score (nSPS) is 26.8. The lowest BCUT2D eigenvalue weighted by Gasteiger charge is -2.65. The van der Waals surface area contributed by atoms with Crippen molar-refractivity contribution in [3.05, 3.63) is 101 Å². The third kappa shape index (κ3) is 5.65. The Morgan fingerprint density at radius 3 is 2.50 bits per heavy atom. The van der Waals surface area contributed by atoms with Crippen LogP contribution in [0.25, 0.3) is 6.08 Å². The molecule has 5 atom stereocenters. The molecule has 3 aromatic carbocycles. The van der Waals surface area contributed by atoms with E-state index in [1.54, 1.807) is 6.07 Å². The van der Waals surface area contributed by atoms with E-state index in [2.05, 4.69) is 17.0 Å². The second kappa shape index (κ2) is 12.8. The first kappa shape index (κ1) is 34.2. The van der Waals surface area contributed by atoms with Crippen molar-refractivity contribution < 1.29 is 37.3 Å². The van der Waals surface area contributed by atoms with E-state index in [4.69, 9.17) is 9.47 Å². The number of phenolic OH excluding ortho intramolecular Hbond substituents is 1. The Morgan fingerprint density at radius 2 is 1.82 bits per heavy atom. The number of hydrogen-bond acceptors (Lipinski definition) is 6.